The van der Waals surface area contributed by atoms with Crippen LogP contribution in [0.2, 0.25) is 0 Å². The molecule has 0 unspecified atom stereocenters. The highest BCUT2D eigenvalue weighted by Crippen LogP contribution is 2.25. The van der Waals surface area contributed by atoms with E-state index in [0.717, 1.165) is 28.2 Å². The number of anilines is 1. The Hall–Kier alpha value is -2.92. The van der Waals surface area contributed by atoms with Crippen molar-refractivity contribution >= 4 is 40.1 Å². The summed E-state index contributed by atoms with van der Waals surface area (Å²) in [4.78, 5) is 29.0. The number of ether oxygens (including phenoxy) is 2. The number of nitrogens with one attached hydrogen (secondary N) is 1. The Morgan fingerprint density at radius 1 is 1.18 bits per heavy atom. The minimum Gasteiger partial charge on any atom is -0.485 e. The fourth-order valence-electron chi connectivity index (χ4n) is 2.98. The lowest BCUT2D eigenvalue weighted by molar-refractivity contribution is -0.113. The van der Waals surface area contributed by atoms with Crippen molar-refractivity contribution in [3.05, 3.63) is 45.7 Å². The van der Waals surface area contributed by atoms with Crippen LogP contribution < -0.4 is 10.1 Å². The fraction of sp³-hybridized carbons (Fsp3) is 0.409. The van der Waals surface area contributed by atoms with Gasteiger partial charge in [0.2, 0.25) is 5.91 Å². The van der Waals surface area contributed by atoms with Crippen LogP contribution in [0.25, 0.3) is 0 Å². The smallest absolute Gasteiger partial charge is 0.350 e. The molecular weight excluding hydrogens is 462 g/mol. The van der Waals surface area contributed by atoms with Crippen LogP contribution in [0.3, 0.4) is 0 Å². The molecule has 3 rings (SSSR count). The Morgan fingerprint density at radius 3 is 2.70 bits per heavy atom. The number of thioether (sulfide) groups is 1. The lowest BCUT2D eigenvalue weighted by Gasteiger charge is -2.11. The molecule has 2 aromatic heterocycles. The van der Waals surface area contributed by atoms with Crippen LogP contribution >= 0.6 is 23.1 Å². The van der Waals surface area contributed by atoms with E-state index in [1.165, 1.54) is 11.8 Å². The summed E-state index contributed by atoms with van der Waals surface area (Å²) in [6.45, 7) is 10.7. The lowest BCUT2D eigenvalue weighted by atomic mass is 10.1. The van der Waals surface area contributed by atoms with E-state index >= 15 is 0 Å². The van der Waals surface area contributed by atoms with Crippen LogP contribution in [0.15, 0.2) is 23.4 Å². The van der Waals surface area contributed by atoms with Gasteiger partial charge in [0.1, 0.15) is 17.2 Å². The van der Waals surface area contributed by atoms with E-state index in [1.807, 2.05) is 43.5 Å². The molecule has 1 N–H and O–H groups in total. The number of hydrogen-bond donors (Lipinski definition) is 1. The number of amides is 1. The molecule has 0 atom stereocenters. The summed E-state index contributed by atoms with van der Waals surface area (Å²) in [6, 6.07) is 6.06. The first kappa shape index (κ1) is 24.7. The van der Waals surface area contributed by atoms with Crippen LogP contribution in [0.4, 0.5) is 5.13 Å². The zero-order valence-electron chi connectivity index (χ0n) is 19.3. The second kappa shape index (κ2) is 11.3. The lowest BCUT2D eigenvalue weighted by Crippen LogP contribution is -2.14. The summed E-state index contributed by atoms with van der Waals surface area (Å²) in [5.41, 5.74) is 2.71. The molecule has 0 spiro atoms. The molecule has 0 saturated carbocycles. The Morgan fingerprint density at radius 2 is 1.97 bits per heavy atom. The molecule has 2 heterocycles. The number of aryl methyl sites for hydroxylation is 3. The second-order valence-electron chi connectivity index (χ2n) is 7.19. The van der Waals surface area contributed by atoms with Crippen molar-refractivity contribution < 1.29 is 19.1 Å². The van der Waals surface area contributed by atoms with E-state index in [1.54, 1.807) is 13.8 Å². The molecule has 0 aliphatic heterocycles. The number of benzene rings is 1. The number of hydrogen-bond acceptors (Lipinski definition) is 9. The van der Waals surface area contributed by atoms with Crippen molar-refractivity contribution in [1.82, 2.24) is 19.7 Å². The van der Waals surface area contributed by atoms with Crippen LogP contribution in [-0.2, 0) is 22.7 Å². The SMILES string of the molecule is CCOC(=O)c1sc(NC(=O)CSc2nnc(COc3cc(C)ccc3C)n2CC)nc1C. The first-order chi connectivity index (χ1) is 15.8. The van der Waals surface area contributed by atoms with Crippen molar-refractivity contribution in [2.24, 2.45) is 0 Å². The molecule has 9 nitrogen and oxygen atoms in total. The monoisotopic (exact) mass is 489 g/mol. The first-order valence-corrected chi connectivity index (χ1v) is 12.3. The summed E-state index contributed by atoms with van der Waals surface area (Å²) in [5, 5.41) is 12.2. The van der Waals surface area contributed by atoms with Gasteiger partial charge in [-0.25, -0.2) is 9.78 Å². The van der Waals surface area contributed by atoms with Crippen LogP contribution in [0.1, 0.15) is 46.2 Å². The normalized spacial score (nSPS) is 10.8. The number of thiazole rings is 1. The minimum atomic E-state index is -0.436. The highest BCUT2D eigenvalue weighted by Gasteiger charge is 2.19. The predicted octanol–water partition coefficient (Wildman–Crippen LogP) is 4.17. The predicted molar refractivity (Wildman–Crippen MR) is 128 cm³/mol. The van der Waals surface area contributed by atoms with Crippen molar-refractivity contribution in [1.29, 1.82) is 0 Å². The van der Waals surface area contributed by atoms with Gasteiger partial charge in [-0.05, 0) is 51.8 Å². The molecule has 11 heteroatoms. The number of esters is 1. The molecule has 0 saturated heterocycles. The summed E-state index contributed by atoms with van der Waals surface area (Å²) in [5.74, 6) is 0.951. The van der Waals surface area contributed by atoms with Gasteiger partial charge in [0.25, 0.3) is 0 Å². The van der Waals surface area contributed by atoms with Gasteiger partial charge in [-0.15, -0.1) is 10.2 Å². The topological polar surface area (TPSA) is 108 Å². The summed E-state index contributed by atoms with van der Waals surface area (Å²) in [7, 11) is 0. The standard InChI is InChI=1S/C22H27N5O4S2/c1-6-27-17(11-31-16-10-13(3)8-9-14(16)4)25-26-22(27)32-12-18(28)24-21-23-15(5)19(33-21)20(29)30-7-2/h8-10H,6-7,11-12H2,1-5H3,(H,23,24,28). The molecule has 33 heavy (non-hydrogen) atoms. The van der Waals surface area contributed by atoms with Gasteiger partial charge in [-0.2, -0.15) is 0 Å². The van der Waals surface area contributed by atoms with Gasteiger partial charge < -0.3 is 19.4 Å². The summed E-state index contributed by atoms with van der Waals surface area (Å²) >= 11 is 2.38. The summed E-state index contributed by atoms with van der Waals surface area (Å²) < 4.78 is 12.9. The van der Waals surface area contributed by atoms with Gasteiger partial charge >= 0.3 is 5.97 Å². The Balaban J connectivity index is 1.58. The number of aromatic nitrogens is 4. The Bertz CT molecular complexity index is 1140. The van der Waals surface area contributed by atoms with E-state index in [4.69, 9.17) is 9.47 Å². The van der Waals surface area contributed by atoms with Crippen molar-refractivity contribution in [2.45, 2.75) is 52.9 Å². The average molecular weight is 490 g/mol. The van der Waals surface area contributed by atoms with Gasteiger partial charge in [0.05, 0.1) is 18.1 Å². The molecule has 0 aliphatic rings. The number of rotatable bonds is 10. The minimum absolute atomic E-state index is 0.128. The maximum absolute atomic E-state index is 12.4. The van der Waals surface area contributed by atoms with Gasteiger partial charge in [0, 0.05) is 6.54 Å². The van der Waals surface area contributed by atoms with E-state index in [0.29, 0.717) is 33.2 Å². The number of carbonyl (C=O) groups is 2. The van der Waals surface area contributed by atoms with E-state index in [2.05, 4.69) is 20.5 Å². The fourth-order valence-corrected chi connectivity index (χ4v) is 4.67. The molecular formula is C22H27N5O4S2. The van der Waals surface area contributed by atoms with Gasteiger partial charge in [-0.1, -0.05) is 35.2 Å². The molecule has 0 aliphatic carbocycles. The Kier molecular flexibility index (Phi) is 8.45. The largest absolute Gasteiger partial charge is 0.485 e. The first-order valence-electron chi connectivity index (χ1n) is 10.5. The third-order valence-electron chi connectivity index (χ3n) is 4.65. The van der Waals surface area contributed by atoms with Crippen LogP contribution in [-0.4, -0.2) is 44.0 Å². The van der Waals surface area contributed by atoms with Gasteiger partial charge in [0.15, 0.2) is 16.1 Å². The Labute approximate surface area is 200 Å². The average Bonchev–Trinajstić information content (AvgIpc) is 3.35. The quantitative estimate of drug-likeness (QED) is 0.334. The van der Waals surface area contributed by atoms with Crippen molar-refractivity contribution in [3.63, 3.8) is 0 Å². The number of nitrogens with zero attached hydrogens (tertiary/aromatic N) is 4. The van der Waals surface area contributed by atoms with Crippen LogP contribution in [0.5, 0.6) is 5.75 Å². The number of carbonyl (C=O) groups excluding carboxylic acids is 2. The third-order valence-corrected chi connectivity index (χ3v) is 6.67. The van der Waals surface area contributed by atoms with Crippen molar-refractivity contribution in [3.8, 4) is 5.75 Å². The molecule has 0 radical (unpaired) electrons. The molecule has 1 aromatic carbocycles. The van der Waals surface area contributed by atoms with Crippen LogP contribution in [0, 0.1) is 20.8 Å². The zero-order valence-corrected chi connectivity index (χ0v) is 20.9. The highest BCUT2D eigenvalue weighted by molar-refractivity contribution is 7.99. The molecule has 1 amide bonds. The van der Waals surface area contributed by atoms with Crippen molar-refractivity contribution in [2.75, 3.05) is 17.7 Å². The highest BCUT2D eigenvalue weighted by atomic mass is 32.2. The molecule has 176 valence electrons. The molecule has 0 bridgehead atoms. The molecule has 3 aromatic rings. The molecule has 0 fully saturated rings. The maximum atomic E-state index is 12.4. The second-order valence-corrected chi connectivity index (χ2v) is 9.13. The summed E-state index contributed by atoms with van der Waals surface area (Å²) in [6.07, 6.45) is 0. The van der Waals surface area contributed by atoms with E-state index in [9.17, 15) is 9.59 Å². The van der Waals surface area contributed by atoms with E-state index in [-0.39, 0.29) is 24.9 Å². The van der Waals surface area contributed by atoms with Gasteiger partial charge in [-0.3, -0.25) is 4.79 Å². The third kappa shape index (κ3) is 6.32. The zero-order chi connectivity index (χ0) is 24.0. The van der Waals surface area contributed by atoms with E-state index < -0.39 is 5.97 Å². The maximum Gasteiger partial charge on any atom is 0.350 e.